The molecule has 0 spiro atoms. The minimum Gasteiger partial charge on any atom is -0.481 e. The second-order valence-corrected chi connectivity index (χ2v) is 5.55. The Labute approximate surface area is 118 Å². The minimum absolute atomic E-state index is 0.0509. The predicted octanol–water partition coefficient (Wildman–Crippen LogP) is 1.23. The van der Waals surface area contributed by atoms with Crippen molar-refractivity contribution in [2.75, 3.05) is 13.1 Å². The van der Waals surface area contributed by atoms with Crippen LogP contribution in [0.25, 0.3) is 0 Å². The molecular formula is C14H21N3O3. The highest BCUT2D eigenvalue weighted by Crippen LogP contribution is 2.22. The van der Waals surface area contributed by atoms with Gasteiger partial charge in [0.15, 0.2) is 0 Å². The topological polar surface area (TPSA) is 75.4 Å². The molecule has 1 amide bonds. The summed E-state index contributed by atoms with van der Waals surface area (Å²) in [6, 6.07) is 1.85. The van der Waals surface area contributed by atoms with E-state index in [9.17, 15) is 9.59 Å². The number of aromatic nitrogens is 2. The number of hydrogen-bond acceptors (Lipinski definition) is 3. The fraction of sp³-hybridized carbons (Fsp3) is 0.643. The fourth-order valence-corrected chi connectivity index (χ4v) is 2.72. The minimum atomic E-state index is -0.800. The Balaban J connectivity index is 1.80. The first-order valence-electron chi connectivity index (χ1n) is 7.04. The van der Waals surface area contributed by atoms with Crippen LogP contribution in [0.15, 0.2) is 18.5 Å². The summed E-state index contributed by atoms with van der Waals surface area (Å²) in [4.78, 5) is 24.9. The third kappa shape index (κ3) is 3.82. The van der Waals surface area contributed by atoms with Crippen LogP contribution in [0.3, 0.4) is 0 Å². The third-order valence-electron chi connectivity index (χ3n) is 3.70. The molecule has 6 heteroatoms. The van der Waals surface area contributed by atoms with Crippen LogP contribution in [0.1, 0.15) is 26.2 Å². The predicted molar refractivity (Wildman–Crippen MR) is 72.9 cm³/mol. The van der Waals surface area contributed by atoms with Crippen LogP contribution in [0.2, 0.25) is 0 Å². The van der Waals surface area contributed by atoms with E-state index in [2.05, 4.69) is 5.10 Å². The van der Waals surface area contributed by atoms with Crippen LogP contribution in [0.5, 0.6) is 0 Å². The maximum atomic E-state index is 12.1. The molecule has 1 aliphatic rings. The number of carbonyl (C=O) groups excluding carboxylic acids is 1. The highest BCUT2D eigenvalue weighted by atomic mass is 16.4. The maximum Gasteiger partial charge on any atom is 0.308 e. The molecular weight excluding hydrogens is 258 g/mol. The molecule has 1 fully saturated rings. The maximum absolute atomic E-state index is 12.1. The Morgan fingerprint density at radius 3 is 2.85 bits per heavy atom. The van der Waals surface area contributed by atoms with Crippen molar-refractivity contribution in [2.45, 2.75) is 32.7 Å². The summed E-state index contributed by atoms with van der Waals surface area (Å²) in [6.45, 7) is 3.73. The summed E-state index contributed by atoms with van der Waals surface area (Å²) in [5.74, 6) is -0.922. The van der Waals surface area contributed by atoms with Crippen LogP contribution < -0.4 is 0 Å². The van der Waals surface area contributed by atoms with E-state index in [1.54, 1.807) is 15.8 Å². The summed E-state index contributed by atoms with van der Waals surface area (Å²) in [5, 5.41) is 13.2. The zero-order valence-corrected chi connectivity index (χ0v) is 11.7. The molecule has 6 nitrogen and oxygen atoms in total. The number of nitrogens with zero attached hydrogens (tertiary/aromatic N) is 3. The Bertz CT molecular complexity index is 458. The second kappa shape index (κ2) is 6.54. The SMILES string of the molecule is CC1CC(C(=O)O)CN(C(=O)CCCn2cccn2)C1. The summed E-state index contributed by atoms with van der Waals surface area (Å²) in [6.07, 6.45) is 5.41. The van der Waals surface area contributed by atoms with Gasteiger partial charge in [0.05, 0.1) is 5.92 Å². The first-order valence-corrected chi connectivity index (χ1v) is 7.04. The number of aryl methyl sites for hydroxylation is 1. The van der Waals surface area contributed by atoms with Crippen molar-refractivity contribution in [3.8, 4) is 0 Å². The lowest BCUT2D eigenvalue weighted by atomic mass is 9.90. The molecule has 1 saturated heterocycles. The van der Waals surface area contributed by atoms with Gasteiger partial charge in [-0.15, -0.1) is 0 Å². The van der Waals surface area contributed by atoms with Crippen molar-refractivity contribution in [3.05, 3.63) is 18.5 Å². The fourth-order valence-electron chi connectivity index (χ4n) is 2.72. The van der Waals surface area contributed by atoms with Crippen molar-refractivity contribution in [2.24, 2.45) is 11.8 Å². The van der Waals surface area contributed by atoms with Gasteiger partial charge >= 0.3 is 5.97 Å². The molecule has 0 aliphatic carbocycles. The standard InChI is InChI=1S/C14H21N3O3/c1-11-8-12(14(19)20)10-16(9-11)13(18)4-2-6-17-7-3-5-15-17/h3,5,7,11-12H,2,4,6,8-10H2,1H3,(H,19,20). The normalized spacial score (nSPS) is 22.8. The number of carboxylic acids is 1. The van der Waals surface area contributed by atoms with Crippen molar-refractivity contribution < 1.29 is 14.7 Å². The number of carbonyl (C=O) groups is 2. The van der Waals surface area contributed by atoms with E-state index in [1.807, 2.05) is 19.2 Å². The van der Waals surface area contributed by atoms with E-state index in [-0.39, 0.29) is 11.8 Å². The van der Waals surface area contributed by atoms with Crippen molar-refractivity contribution in [1.82, 2.24) is 14.7 Å². The first-order chi connectivity index (χ1) is 9.56. The van der Waals surface area contributed by atoms with Gasteiger partial charge in [-0.05, 0) is 24.8 Å². The van der Waals surface area contributed by atoms with Crippen LogP contribution in [-0.2, 0) is 16.1 Å². The smallest absolute Gasteiger partial charge is 0.308 e. The van der Waals surface area contributed by atoms with Gasteiger partial charge < -0.3 is 10.0 Å². The lowest BCUT2D eigenvalue weighted by Gasteiger charge is -2.34. The molecule has 2 atom stereocenters. The van der Waals surface area contributed by atoms with E-state index in [0.29, 0.717) is 32.5 Å². The van der Waals surface area contributed by atoms with E-state index < -0.39 is 11.9 Å². The third-order valence-corrected chi connectivity index (χ3v) is 3.70. The molecule has 0 radical (unpaired) electrons. The number of rotatable bonds is 5. The van der Waals surface area contributed by atoms with Crippen LogP contribution in [0.4, 0.5) is 0 Å². The highest BCUT2D eigenvalue weighted by Gasteiger charge is 2.31. The van der Waals surface area contributed by atoms with Gasteiger partial charge in [0, 0.05) is 38.4 Å². The molecule has 1 aromatic rings. The van der Waals surface area contributed by atoms with E-state index in [4.69, 9.17) is 5.11 Å². The number of amides is 1. The Morgan fingerprint density at radius 2 is 2.20 bits per heavy atom. The Morgan fingerprint density at radius 1 is 1.40 bits per heavy atom. The molecule has 2 heterocycles. The Hall–Kier alpha value is -1.85. The summed E-state index contributed by atoms with van der Waals surface area (Å²) < 4.78 is 1.80. The average molecular weight is 279 g/mol. The molecule has 0 saturated carbocycles. The lowest BCUT2D eigenvalue weighted by Crippen LogP contribution is -2.45. The van der Waals surface area contributed by atoms with E-state index in [0.717, 1.165) is 6.42 Å². The van der Waals surface area contributed by atoms with Gasteiger partial charge in [0.1, 0.15) is 0 Å². The quantitative estimate of drug-likeness (QED) is 0.879. The van der Waals surface area contributed by atoms with Gasteiger partial charge in [0.25, 0.3) is 0 Å². The van der Waals surface area contributed by atoms with Gasteiger partial charge in [-0.25, -0.2) is 0 Å². The highest BCUT2D eigenvalue weighted by molar-refractivity contribution is 5.78. The van der Waals surface area contributed by atoms with E-state index in [1.165, 1.54) is 0 Å². The van der Waals surface area contributed by atoms with Crippen molar-refractivity contribution in [3.63, 3.8) is 0 Å². The molecule has 1 aliphatic heterocycles. The monoisotopic (exact) mass is 279 g/mol. The van der Waals surface area contributed by atoms with Crippen molar-refractivity contribution >= 4 is 11.9 Å². The largest absolute Gasteiger partial charge is 0.481 e. The van der Waals surface area contributed by atoms with Gasteiger partial charge in [-0.2, -0.15) is 5.10 Å². The molecule has 0 aromatic carbocycles. The number of piperidine rings is 1. The molecule has 110 valence electrons. The summed E-state index contributed by atoms with van der Waals surface area (Å²) >= 11 is 0. The van der Waals surface area contributed by atoms with Crippen molar-refractivity contribution in [1.29, 1.82) is 0 Å². The summed E-state index contributed by atoms with van der Waals surface area (Å²) in [5.41, 5.74) is 0. The van der Waals surface area contributed by atoms with Gasteiger partial charge in [0.2, 0.25) is 5.91 Å². The molecule has 0 bridgehead atoms. The van der Waals surface area contributed by atoms with Crippen LogP contribution >= 0.6 is 0 Å². The molecule has 2 unspecified atom stereocenters. The average Bonchev–Trinajstić information content (AvgIpc) is 2.91. The number of likely N-dealkylation sites (tertiary alicyclic amines) is 1. The molecule has 20 heavy (non-hydrogen) atoms. The number of hydrogen-bond donors (Lipinski definition) is 1. The van der Waals surface area contributed by atoms with Crippen LogP contribution in [-0.4, -0.2) is 44.8 Å². The Kier molecular flexibility index (Phi) is 4.76. The number of aliphatic carboxylic acids is 1. The van der Waals surface area contributed by atoms with Crippen LogP contribution in [0, 0.1) is 11.8 Å². The summed E-state index contributed by atoms with van der Waals surface area (Å²) in [7, 11) is 0. The number of carboxylic acid groups (broad SMARTS) is 1. The van der Waals surface area contributed by atoms with Gasteiger partial charge in [-0.1, -0.05) is 6.92 Å². The zero-order valence-electron chi connectivity index (χ0n) is 11.7. The van der Waals surface area contributed by atoms with Gasteiger partial charge in [-0.3, -0.25) is 14.3 Å². The molecule has 1 N–H and O–H groups in total. The second-order valence-electron chi connectivity index (χ2n) is 5.55. The molecule has 1 aromatic heterocycles. The first kappa shape index (κ1) is 14.6. The lowest BCUT2D eigenvalue weighted by molar-refractivity contribution is -0.146. The zero-order chi connectivity index (χ0) is 14.5. The van der Waals surface area contributed by atoms with E-state index >= 15 is 0 Å². The molecule has 2 rings (SSSR count).